The maximum absolute atomic E-state index is 14.4. The first-order valence-corrected chi connectivity index (χ1v) is 8.24. The fraction of sp³-hybridized carbons (Fsp3) is 0.176. The van der Waals surface area contributed by atoms with Crippen molar-refractivity contribution in [3.8, 4) is 0 Å². The number of fused-ring (bicyclic) bond motifs is 1. The van der Waals surface area contributed by atoms with Gasteiger partial charge in [-0.15, -0.1) is 0 Å². The molecule has 0 aliphatic carbocycles. The van der Waals surface area contributed by atoms with Crippen LogP contribution in [0.1, 0.15) is 29.6 Å². The van der Waals surface area contributed by atoms with E-state index in [9.17, 15) is 4.39 Å². The van der Waals surface area contributed by atoms with Crippen LogP contribution in [-0.2, 0) is 0 Å². The summed E-state index contributed by atoms with van der Waals surface area (Å²) < 4.78 is 16.1. The number of nitrogens with zero attached hydrogens (tertiary/aromatic N) is 3. The van der Waals surface area contributed by atoms with Gasteiger partial charge in [0.05, 0.1) is 12.1 Å². The van der Waals surface area contributed by atoms with Crippen LogP contribution in [0.4, 0.5) is 10.3 Å². The van der Waals surface area contributed by atoms with Crippen molar-refractivity contribution in [2.75, 3.05) is 5.32 Å². The molecule has 1 N–H and O–H groups in total. The van der Waals surface area contributed by atoms with Crippen LogP contribution in [0.25, 0.3) is 0 Å². The van der Waals surface area contributed by atoms with Gasteiger partial charge in [-0.3, -0.25) is 0 Å². The summed E-state index contributed by atoms with van der Waals surface area (Å²) in [6, 6.07) is 11.9. The van der Waals surface area contributed by atoms with Crippen LogP contribution in [0.2, 0.25) is 10.0 Å². The van der Waals surface area contributed by atoms with E-state index in [0.29, 0.717) is 28.0 Å². The van der Waals surface area contributed by atoms with Crippen LogP contribution in [0.3, 0.4) is 0 Å². The highest BCUT2D eigenvalue weighted by molar-refractivity contribution is 6.31. The normalized spacial score (nSPS) is 19.6. The van der Waals surface area contributed by atoms with Gasteiger partial charge in [-0.1, -0.05) is 41.4 Å². The van der Waals surface area contributed by atoms with E-state index in [-0.39, 0.29) is 17.9 Å². The predicted molar refractivity (Wildman–Crippen MR) is 92.0 cm³/mol. The number of halogens is 3. The minimum absolute atomic E-state index is 0.0420. The number of anilines is 1. The maximum Gasteiger partial charge on any atom is 0.222 e. The highest BCUT2D eigenvalue weighted by Crippen LogP contribution is 2.40. The lowest BCUT2D eigenvalue weighted by atomic mass is 9.93. The molecule has 0 fully saturated rings. The molecule has 1 aliphatic heterocycles. The summed E-state index contributed by atoms with van der Waals surface area (Å²) >= 11 is 12.2. The van der Waals surface area contributed by atoms with Crippen LogP contribution in [0.5, 0.6) is 0 Å². The maximum atomic E-state index is 14.4. The molecule has 2 atom stereocenters. The Kier molecular flexibility index (Phi) is 3.90. The smallest absolute Gasteiger partial charge is 0.222 e. The summed E-state index contributed by atoms with van der Waals surface area (Å²) in [5.41, 5.74) is 1.48. The second kappa shape index (κ2) is 6.07. The van der Waals surface area contributed by atoms with Gasteiger partial charge in [0.25, 0.3) is 0 Å². The molecule has 122 valence electrons. The van der Waals surface area contributed by atoms with Gasteiger partial charge < -0.3 is 5.32 Å². The molecule has 0 saturated heterocycles. The summed E-state index contributed by atoms with van der Waals surface area (Å²) in [5.74, 6) is 0.247. The lowest BCUT2D eigenvalue weighted by Crippen LogP contribution is -2.28. The number of benzene rings is 2. The molecule has 1 aromatic heterocycles. The summed E-state index contributed by atoms with van der Waals surface area (Å²) in [5, 5.41) is 8.63. The molecule has 0 bridgehead atoms. The monoisotopic (exact) mass is 362 g/mol. The molecule has 0 unspecified atom stereocenters. The van der Waals surface area contributed by atoms with Crippen molar-refractivity contribution in [1.29, 1.82) is 0 Å². The molecular weight excluding hydrogens is 350 g/mol. The number of nitrogens with one attached hydrogen (secondary N) is 1. The van der Waals surface area contributed by atoms with Gasteiger partial charge in [0.1, 0.15) is 12.1 Å². The quantitative estimate of drug-likeness (QED) is 0.706. The largest absolute Gasteiger partial charge is 0.348 e. The molecule has 0 amide bonds. The summed E-state index contributed by atoms with van der Waals surface area (Å²) in [4.78, 5) is 4.23. The van der Waals surface area contributed by atoms with Gasteiger partial charge in [-0.25, -0.2) is 9.07 Å². The van der Waals surface area contributed by atoms with Crippen LogP contribution >= 0.6 is 23.2 Å². The third-order valence-electron chi connectivity index (χ3n) is 4.24. The minimum atomic E-state index is -0.342. The van der Waals surface area contributed by atoms with Gasteiger partial charge in [-0.2, -0.15) is 10.1 Å². The molecule has 0 saturated carbocycles. The van der Waals surface area contributed by atoms with E-state index in [2.05, 4.69) is 15.4 Å². The highest BCUT2D eigenvalue weighted by Gasteiger charge is 2.32. The first kappa shape index (κ1) is 15.4. The first-order valence-electron chi connectivity index (χ1n) is 7.49. The van der Waals surface area contributed by atoms with Gasteiger partial charge in [0.2, 0.25) is 5.95 Å². The van der Waals surface area contributed by atoms with Gasteiger partial charge in [0, 0.05) is 15.6 Å². The van der Waals surface area contributed by atoms with Crippen molar-refractivity contribution in [3.05, 3.63) is 75.8 Å². The van der Waals surface area contributed by atoms with Gasteiger partial charge in [0.15, 0.2) is 0 Å². The zero-order valence-corrected chi connectivity index (χ0v) is 14.0. The molecule has 1 aliphatic rings. The van der Waals surface area contributed by atoms with E-state index in [4.69, 9.17) is 23.2 Å². The molecule has 0 radical (unpaired) electrons. The molecule has 0 spiro atoms. The van der Waals surface area contributed by atoms with E-state index in [0.717, 1.165) is 5.56 Å². The third kappa shape index (κ3) is 2.64. The summed E-state index contributed by atoms with van der Waals surface area (Å²) in [7, 11) is 0. The molecule has 2 heterocycles. The summed E-state index contributed by atoms with van der Waals surface area (Å²) in [6.45, 7) is 0. The molecule has 4 rings (SSSR count). The zero-order chi connectivity index (χ0) is 16.7. The lowest BCUT2D eigenvalue weighted by molar-refractivity contribution is 0.416. The molecule has 4 nitrogen and oxygen atoms in total. The van der Waals surface area contributed by atoms with E-state index in [1.165, 1.54) is 12.4 Å². The van der Waals surface area contributed by atoms with E-state index in [1.807, 2.05) is 24.3 Å². The highest BCUT2D eigenvalue weighted by atomic mass is 35.5. The van der Waals surface area contributed by atoms with Crippen molar-refractivity contribution >= 4 is 29.2 Å². The van der Waals surface area contributed by atoms with Crippen molar-refractivity contribution in [2.45, 2.75) is 18.5 Å². The molecule has 7 heteroatoms. The number of rotatable bonds is 2. The van der Waals surface area contributed by atoms with Crippen molar-refractivity contribution in [3.63, 3.8) is 0 Å². The Morgan fingerprint density at radius 2 is 1.92 bits per heavy atom. The molecule has 24 heavy (non-hydrogen) atoms. The molecule has 3 aromatic rings. The first-order chi connectivity index (χ1) is 11.6. The van der Waals surface area contributed by atoms with Crippen LogP contribution in [0.15, 0.2) is 48.8 Å². The fourth-order valence-electron chi connectivity index (χ4n) is 3.10. The lowest BCUT2D eigenvalue weighted by Gasteiger charge is -2.32. The topological polar surface area (TPSA) is 42.7 Å². The second-order valence-electron chi connectivity index (χ2n) is 5.66. The van der Waals surface area contributed by atoms with E-state index < -0.39 is 0 Å². The Hall–Kier alpha value is -2.11. The average Bonchev–Trinajstić information content (AvgIpc) is 3.04. The fourth-order valence-corrected chi connectivity index (χ4v) is 3.52. The standard InChI is InChI=1S/C17H13Cl2FN4/c18-11-6-4-10(5-7-11)14-8-15(24-17(23-14)21-9-22-24)16-12(19)2-1-3-13(16)20/h1-7,9,14-15H,8H2,(H,21,22,23)/t14-,15-/m1/s1. The molecular formula is C17H13Cl2FN4. The predicted octanol–water partition coefficient (Wildman–Crippen LogP) is 4.87. The Bertz CT molecular complexity index is 858. The SMILES string of the molecule is Fc1cccc(Cl)c1[C@H]1C[C@H](c2ccc(Cl)cc2)Nc2ncnn21. The Labute approximate surface area is 148 Å². The van der Waals surface area contributed by atoms with Crippen molar-refractivity contribution in [2.24, 2.45) is 0 Å². The summed E-state index contributed by atoms with van der Waals surface area (Å²) in [6.07, 6.45) is 2.05. The number of hydrogen-bond donors (Lipinski definition) is 1. The Morgan fingerprint density at radius 3 is 2.67 bits per heavy atom. The van der Waals surface area contributed by atoms with Crippen molar-refractivity contribution in [1.82, 2.24) is 14.8 Å². The Morgan fingerprint density at radius 1 is 1.12 bits per heavy atom. The van der Waals surface area contributed by atoms with E-state index >= 15 is 0 Å². The number of aromatic nitrogens is 3. The second-order valence-corrected chi connectivity index (χ2v) is 6.51. The van der Waals surface area contributed by atoms with Crippen LogP contribution in [0, 0.1) is 5.82 Å². The van der Waals surface area contributed by atoms with E-state index in [1.54, 1.807) is 16.8 Å². The van der Waals surface area contributed by atoms with Gasteiger partial charge in [-0.05, 0) is 36.2 Å². The van der Waals surface area contributed by atoms with Gasteiger partial charge >= 0.3 is 0 Å². The van der Waals surface area contributed by atoms with Crippen molar-refractivity contribution < 1.29 is 4.39 Å². The number of hydrogen-bond acceptors (Lipinski definition) is 3. The van der Waals surface area contributed by atoms with Crippen LogP contribution in [-0.4, -0.2) is 14.8 Å². The third-order valence-corrected chi connectivity index (χ3v) is 4.82. The molecule has 2 aromatic carbocycles. The zero-order valence-electron chi connectivity index (χ0n) is 12.5. The van der Waals surface area contributed by atoms with Crippen LogP contribution < -0.4 is 5.32 Å². The average molecular weight is 363 g/mol. The minimum Gasteiger partial charge on any atom is -0.348 e. The Balaban J connectivity index is 1.78.